The molecule has 0 spiro atoms. The molecular weight excluding hydrogens is 757 g/mol. The van der Waals surface area contributed by atoms with Crippen molar-refractivity contribution in [2.75, 3.05) is 19.8 Å². The van der Waals surface area contributed by atoms with Crippen LogP contribution in [0.25, 0.3) is 0 Å². The van der Waals surface area contributed by atoms with Crippen molar-refractivity contribution in [2.24, 2.45) is 0 Å². The highest BCUT2D eigenvalue weighted by atomic mass is 32.2. The van der Waals surface area contributed by atoms with Crippen LogP contribution in [-0.2, 0) is 41.0 Å². The Balaban J connectivity index is 1.73. The zero-order chi connectivity index (χ0) is 41.0. The van der Waals surface area contributed by atoms with Crippen LogP contribution in [0, 0.1) is 23.7 Å². The highest BCUT2D eigenvalue weighted by Gasteiger charge is 2.33. The van der Waals surface area contributed by atoms with Gasteiger partial charge in [0.1, 0.15) is 32.5 Å². The number of amides is 2. The predicted molar refractivity (Wildman–Crippen MR) is 199 cm³/mol. The van der Waals surface area contributed by atoms with E-state index in [1.165, 1.54) is 36.7 Å². The first-order valence-corrected chi connectivity index (χ1v) is 19.7. The van der Waals surface area contributed by atoms with E-state index in [2.05, 4.69) is 10.3 Å². The van der Waals surface area contributed by atoms with Crippen LogP contribution in [0.2, 0.25) is 0 Å². The number of aryl methyl sites for hydroxylation is 1. The monoisotopic (exact) mass is 802 g/mol. The first kappa shape index (κ1) is 44.1. The fourth-order valence-corrected chi connectivity index (χ4v) is 7.67. The van der Waals surface area contributed by atoms with Crippen molar-refractivity contribution >= 4 is 38.3 Å². The minimum absolute atomic E-state index is 0.0127. The molecule has 0 fully saturated rings. The number of hydrogen-bond acceptors (Lipinski definition) is 14. The number of alkyl carbamates (subject to hydrolysis) is 1. The predicted octanol–water partition coefficient (Wildman–Crippen LogP) is 5.66. The van der Waals surface area contributed by atoms with E-state index in [0.29, 0.717) is 16.2 Å². The maximum atomic E-state index is 13.9. The highest BCUT2D eigenvalue weighted by molar-refractivity contribution is 7.91. The van der Waals surface area contributed by atoms with Crippen LogP contribution in [-0.4, -0.2) is 80.3 Å². The summed E-state index contributed by atoms with van der Waals surface area (Å²) in [7, 11) is -9.21. The minimum atomic E-state index is -4.74. The van der Waals surface area contributed by atoms with Crippen LogP contribution in [0.15, 0.2) is 76.8 Å². The normalized spacial score (nSPS) is 12.0. The number of pyridine rings is 1. The van der Waals surface area contributed by atoms with E-state index in [0.717, 1.165) is 16.4 Å². The molecule has 0 radical (unpaired) electrons. The first-order chi connectivity index (χ1) is 25.6. The smallest absolute Gasteiger partial charge is 0.442 e. The SMILES string of the molecule is Cc1cc(OCCCON(C(=N)NC(=O)OC(C)(C)C)C(=O)OC(C)(C)C)cc(OS(=O)(=O)c2ccccc2S(=O)(=O)N(CCC#N)Cc2cccnc2)c1. The Morgan fingerprint density at radius 1 is 0.909 bits per heavy atom. The van der Waals surface area contributed by atoms with Gasteiger partial charge in [-0.05, 0) is 89.9 Å². The van der Waals surface area contributed by atoms with E-state index in [1.807, 2.05) is 6.07 Å². The summed E-state index contributed by atoms with van der Waals surface area (Å²) in [6.45, 7) is 10.9. The Hall–Kier alpha value is -5.29. The number of hydroxylamine groups is 2. The van der Waals surface area contributed by atoms with Crippen LogP contribution in [0.4, 0.5) is 9.59 Å². The van der Waals surface area contributed by atoms with Crippen molar-refractivity contribution in [3.05, 3.63) is 78.1 Å². The summed E-state index contributed by atoms with van der Waals surface area (Å²) in [6.07, 6.45) is 0.963. The molecule has 0 bridgehead atoms. The molecule has 0 saturated carbocycles. The highest BCUT2D eigenvalue weighted by Crippen LogP contribution is 2.30. The van der Waals surface area contributed by atoms with Gasteiger partial charge in [-0.1, -0.05) is 18.2 Å². The maximum absolute atomic E-state index is 13.9. The molecule has 2 N–H and O–H groups in total. The van der Waals surface area contributed by atoms with E-state index in [4.69, 9.17) is 28.6 Å². The second-order valence-corrected chi connectivity index (χ2v) is 17.3. The van der Waals surface area contributed by atoms with E-state index in [-0.39, 0.29) is 50.6 Å². The summed E-state index contributed by atoms with van der Waals surface area (Å²) in [5.74, 6) is -0.703. The van der Waals surface area contributed by atoms with Crippen LogP contribution in [0.1, 0.15) is 65.5 Å². The number of nitriles is 1. The summed E-state index contributed by atoms with van der Waals surface area (Å²) >= 11 is 0. The van der Waals surface area contributed by atoms with E-state index in [1.54, 1.807) is 66.7 Å². The number of guanidine groups is 1. The fourth-order valence-electron chi connectivity index (χ4n) is 4.55. The van der Waals surface area contributed by atoms with Gasteiger partial charge in [-0.15, -0.1) is 5.06 Å². The Morgan fingerprint density at radius 3 is 2.18 bits per heavy atom. The van der Waals surface area contributed by atoms with Gasteiger partial charge in [0.25, 0.3) is 0 Å². The third-order valence-electron chi connectivity index (χ3n) is 6.68. The lowest BCUT2D eigenvalue weighted by molar-refractivity contribution is -0.104. The van der Waals surface area contributed by atoms with E-state index in [9.17, 15) is 31.7 Å². The molecule has 2 aromatic carbocycles. The van der Waals surface area contributed by atoms with Crippen LogP contribution >= 0.6 is 0 Å². The van der Waals surface area contributed by atoms with Gasteiger partial charge in [-0.3, -0.25) is 20.5 Å². The van der Waals surface area contributed by atoms with Gasteiger partial charge >= 0.3 is 22.3 Å². The number of benzene rings is 2. The van der Waals surface area contributed by atoms with Crippen molar-refractivity contribution in [3.63, 3.8) is 0 Å². The number of nitrogens with zero attached hydrogens (tertiary/aromatic N) is 4. The zero-order valence-corrected chi connectivity index (χ0v) is 33.3. The molecule has 0 unspecified atom stereocenters. The summed E-state index contributed by atoms with van der Waals surface area (Å²) in [4.78, 5) is 33.3. The number of sulfonamides is 1. The molecule has 0 saturated heterocycles. The number of nitrogens with one attached hydrogen (secondary N) is 2. The summed E-state index contributed by atoms with van der Waals surface area (Å²) in [5.41, 5.74) is -0.718. The van der Waals surface area contributed by atoms with Gasteiger partial charge in [-0.2, -0.15) is 18.0 Å². The van der Waals surface area contributed by atoms with E-state index < -0.39 is 59.3 Å². The van der Waals surface area contributed by atoms with Crippen LogP contribution < -0.4 is 14.2 Å². The van der Waals surface area contributed by atoms with Gasteiger partial charge < -0.3 is 18.4 Å². The van der Waals surface area contributed by atoms with Crippen molar-refractivity contribution in [1.82, 2.24) is 19.7 Å². The van der Waals surface area contributed by atoms with E-state index >= 15 is 0 Å². The van der Waals surface area contributed by atoms with Crippen molar-refractivity contribution in [2.45, 2.75) is 88.8 Å². The minimum Gasteiger partial charge on any atom is -0.493 e. The largest absolute Gasteiger partial charge is 0.493 e. The molecule has 55 heavy (non-hydrogen) atoms. The van der Waals surface area contributed by atoms with Gasteiger partial charge in [0.2, 0.25) is 16.0 Å². The third kappa shape index (κ3) is 14.1. The Labute approximate surface area is 321 Å². The number of carbonyl (C=O) groups is 2. The molecule has 0 aliphatic heterocycles. The molecule has 1 heterocycles. The lowest BCUT2D eigenvalue weighted by Crippen LogP contribution is -2.49. The molecule has 0 aliphatic rings. The number of aromatic nitrogens is 1. The molecule has 0 aliphatic carbocycles. The summed E-state index contributed by atoms with van der Waals surface area (Å²) < 4.78 is 77.8. The Bertz CT molecular complexity index is 2080. The molecule has 0 atom stereocenters. The summed E-state index contributed by atoms with van der Waals surface area (Å²) in [5, 5.41) is 20.0. The zero-order valence-electron chi connectivity index (χ0n) is 31.7. The van der Waals surface area contributed by atoms with Crippen molar-refractivity contribution in [3.8, 4) is 17.6 Å². The standard InChI is InChI=1S/C36H46N6O11S2/c1-26-21-28(49-19-12-20-50-42(34(44)52-36(5,6)7)32(38)40-33(43)51-35(2,3)4)23-29(22-26)53-55(47,48)31-15-9-8-14-30(31)54(45,46)41(18-11-16-37)25-27-13-10-17-39-24-27/h8-10,13-15,17,21-24H,11-12,18-20,25H2,1-7H3,(H2,38,40,43). The Morgan fingerprint density at radius 2 is 1.56 bits per heavy atom. The molecule has 2 amide bonds. The molecule has 3 aromatic rings. The maximum Gasteiger partial charge on any atom is 0.442 e. The van der Waals surface area contributed by atoms with Crippen molar-refractivity contribution < 1.29 is 49.7 Å². The summed E-state index contributed by atoms with van der Waals surface area (Å²) in [6, 6.07) is 14.6. The van der Waals surface area contributed by atoms with Gasteiger partial charge in [0.05, 0.1) is 19.3 Å². The fraction of sp³-hybridized carbons (Fsp3) is 0.417. The molecular formula is C36H46N6O11S2. The molecule has 298 valence electrons. The average molecular weight is 803 g/mol. The number of ether oxygens (including phenoxy) is 3. The lowest BCUT2D eigenvalue weighted by atomic mass is 10.2. The second kappa shape index (κ2) is 18.8. The van der Waals surface area contributed by atoms with Crippen LogP contribution in [0.3, 0.4) is 0 Å². The Kier molecular flexibility index (Phi) is 15.1. The van der Waals surface area contributed by atoms with Gasteiger partial charge in [0, 0.05) is 44.4 Å². The third-order valence-corrected chi connectivity index (χ3v) is 10.0. The number of carbonyl (C=O) groups excluding carboxylic acids is 2. The average Bonchev–Trinajstić information content (AvgIpc) is 3.06. The number of rotatable bonds is 15. The first-order valence-electron chi connectivity index (χ1n) is 16.9. The molecule has 17 nitrogen and oxygen atoms in total. The van der Waals surface area contributed by atoms with Crippen LogP contribution in [0.5, 0.6) is 11.5 Å². The quantitative estimate of drug-likeness (QED) is 0.0622. The molecule has 3 rings (SSSR count). The molecule has 1 aromatic heterocycles. The van der Waals surface area contributed by atoms with Crippen molar-refractivity contribution in [1.29, 1.82) is 10.7 Å². The van der Waals surface area contributed by atoms with Gasteiger partial charge in [0.15, 0.2) is 0 Å². The molecule has 19 heteroatoms. The number of hydrogen-bond donors (Lipinski definition) is 2. The lowest BCUT2D eigenvalue weighted by Gasteiger charge is -2.27. The second-order valence-electron chi connectivity index (χ2n) is 13.9. The topological polar surface area (TPSA) is 228 Å². The van der Waals surface area contributed by atoms with Gasteiger partial charge in [-0.25, -0.2) is 18.0 Å².